The van der Waals surface area contributed by atoms with E-state index in [1.165, 1.54) is 24.8 Å². The Labute approximate surface area is 192 Å². The van der Waals surface area contributed by atoms with E-state index in [2.05, 4.69) is 60.2 Å². The first-order valence-electron chi connectivity index (χ1n) is 11.7. The van der Waals surface area contributed by atoms with E-state index in [4.69, 9.17) is 4.74 Å². The lowest BCUT2D eigenvalue weighted by atomic mass is 10.1. The number of aromatic hydroxyl groups is 1. The largest absolute Gasteiger partial charge is 0.508 e. The van der Waals surface area contributed by atoms with E-state index in [1.807, 2.05) is 12.1 Å². The van der Waals surface area contributed by atoms with Gasteiger partial charge < -0.3 is 9.84 Å². The number of aromatic nitrogens is 2. The maximum atomic E-state index is 9.42. The van der Waals surface area contributed by atoms with Crippen LogP contribution in [-0.4, -0.2) is 27.8 Å². The molecule has 0 amide bonds. The number of unbranched alkanes of at least 4 members (excludes halogenated alkanes) is 3. The lowest BCUT2D eigenvalue weighted by Crippen LogP contribution is -2.08. The summed E-state index contributed by atoms with van der Waals surface area (Å²) in [4.78, 5) is 9.08. The van der Waals surface area contributed by atoms with Crippen LogP contribution in [0.3, 0.4) is 0 Å². The van der Waals surface area contributed by atoms with E-state index < -0.39 is 0 Å². The Kier molecular flexibility index (Phi) is 9.45. The molecule has 0 bridgehead atoms. The fourth-order valence-corrected chi connectivity index (χ4v) is 3.49. The lowest BCUT2D eigenvalue weighted by Gasteiger charge is -2.11. The zero-order valence-electron chi connectivity index (χ0n) is 19.2. The second-order valence-corrected chi connectivity index (χ2v) is 8.18. The van der Waals surface area contributed by atoms with Gasteiger partial charge in [0.05, 0.1) is 29.9 Å². The lowest BCUT2D eigenvalue weighted by molar-refractivity contribution is 0.0566. The number of phenols is 1. The fraction of sp³-hybridized carbons (Fsp3) is 0.357. The predicted molar refractivity (Wildman–Crippen MR) is 132 cm³/mol. The van der Waals surface area contributed by atoms with Crippen LogP contribution < -0.4 is 0 Å². The van der Waals surface area contributed by atoms with Crippen molar-refractivity contribution >= 4 is 6.08 Å². The highest BCUT2D eigenvalue weighted by Crippen LogP contribution is 2.22. The SMILES string of the molecule is CCCCCOC(C)CCC/C=C/c1ccc(-c2cnc(-c3ccc(O)cc3)cn2)cc1. The maximum absolute atomic E-state index is 9.42. The van der Waals surface area contributed by atoms with Gasteiger partial charge in [0.15, 0.2) is 0 Å². The smallest absolute Gasteiger partial charge is 0.115 e. The van der Waals surface area contributed by atoms with E-state index in [0.29, 0.717) is 6.10 Å². The second-order valence-electron chi connectivity index (χ2n) is 8.18. The minimum atomic E-state index is 0.244. The Hall–Kier alpha value is -2.98. The molecule has 0 aliphatic heterocycles. The number of allylic oxidation sites excluding steroid dienone is 1. The summed E-state index contributed by atoms with van der Waals surface area (Å²) < 4.78 is 5.86. The molecule has 32 heavy (non-hydrogen) atoms. The van der Waals surface area contributed by atoms with Gasteiger partial charge in [0.2, 0.25) is 0 Å². The number of hydrogen-bond donors (Lipinski definition) is 1. The molecule has 0 aliphatic rings. The third kappa shape index (κ3) is 7.61. The molecular formula is C28H34N2O2. The molecule has 0 saturated carbocycles. The van der Waals surface area contributed by atoms with Gasteiger partial charge in [-0.05, 0) is 62.4 Å². The standard InChI is InChI=1S/C28H34N2O2/c1-3-4-8-19-32-22(2)9-6-5-7-10-23-11-13-24(14-12-23)27-20-30-28(21-29-27)25-15-17-26(31)18-16-25/h7,10-18,20-22,31H,3-6,8-9,19H2,1-2H3/b10-7+. The number of phenolic OH excluding ortho intramolecular Hbond substituents is 1. The van der Waals surface area contributed by atoms with Crippen molar-refractivity contribution in [3.05, 3.63) is 72.6 Å². The number of rotatable bonds is 12. The Bertz CT molecular complexity index is 948. The average Bonchev–Trinajstić information content (AvgIpc) is 2.83. The van der Waals surface area contributed by atoms with Crippen LogP contribution in [0.1, 0.15) is 57.9 Å². The van der Waals surface area contributed by atoms with E-state index in [-0.39, 0.29) is 5.75 Å². The molecule has 0 fully saturated rings. The van der Waals surface area contributed by atoms with Gasteiger partial charge in [-0.25, -0.2) is 0 Å². The van der Waals surface area contributed by atoms with Crippen molar-refractivity contribution < 1.29 is 9.84 Å². The van der Waals surface area contributed by atoms with Crippen LogP contribution >= 0.6 is 0 Å². The normalized spacial score (nSPS) is 12.3. The van der Waals surface area contributed by atoms with Crippen molar-refractivity contribution in [2.24, 2.45) is 0 Å². The Morgan fingerprint density at radius 3 is 2.09 bits per heavy atom. The maximum Gasteiger partial charge on any atom is 0.115 e. The minimum absolute atomic E-state index is 0.244. The first kappa shape index (κ1) is 23.7. The van der Waals surface area contributed by atoms with Crippen LogP contribution in [0.2, 0.25) is 0 Å². The van der Waals surface area contributed by atoms with Gasteiger partial charge >= 0.3 is 0 Å². The van der Waals surface area contributed by atoms with Gasteiger partial charge in [0.25, 0.3) is 0 Å². The van der Waals surface area contributed by atoms with Gasteiger partial charge in [-0.1, -0.05) is 56.2 Å². The van der Waals surface area contributed by atoms with Gasteiger partial charge in [-0.15, -0.1) is 0 Å². The summed E-state index contributed by atoms with van der Waals surface area (Å²) >= 11 is 0. The van der Waals surface area contributed by atoms with Crippen LogP contribution in [0.5, 0.6) is 5.75 Å². The van der Waals surface area contributed by atoms with Crippen LogP contribution in [0.25, 0.3) is 28.6 Å². The highest BCUT2D eigenvalue weighted by molar-refractivity contribution is 5.64. The molecule has 1 N–H and O–H groups in total. The summed E-state index contributed by atoms with van der Waals surface area (Å²) in [6, 6.07) is 15.4. The van der Waals surface area contributed by atoms with Crippen molar-refractivity contribution in [3.8, 4) is 28.3 Å². The number of nitrogens with zero attached hydrogens (tertiary/aromatic N) is 2. The van der Waals surface area contributed by atoms with E-state index in [9.17, 15) is 5.11 Å². The Morgan fingerprint density at radius 1 is 0.875 bits per heavy atom. The molecule has 1 aromatic heterocycles. The van der Waals surface area contributed by atoms with Crippen LogP contribution in [0.15, 0.2) is 67.0 Å². The van der Waals surface area contributed by atoms with Gasteiger partial charge in [-0.3, -0.25) is 9.97 Å². The molecule has 2 aromatic carbocycles. The first-order chi connectivity index (χ1) is 15.7. The summed E-state index contributed by atoms with van der Waals surface area (Å²) in [5.41, 5.74) is 4.79. The minimum Gasteiger partial charge on any atom is -0.508 e. The summed E-state index contributed by atoms with van der Waals surface area (Å²) in [5.74, 6) is 0.244. The predicted octanol–water partition coefficient (Wildman–Crippen LogP) is 7.30. The molecular weight excluding hydrogens is 396 g/mol. The Balaban J connectivity index is 1.45. The monoisotopic (exact) mass is 430 g/mol. The quantitative estimate of drug-likeness (QED) is 0.306. The molecule has 3 aromatic rings. The second kappa shape index (κ2) is 12.8. The third-order valence-electron chi connectivity index (χ3n) is 5.46. The molecule has 3 rings (SSSR count). The average molecular weight is 431 g/mol. The Morgan fingerprint density at radius 2 is 1.50 bits per heavy atom. The molecule has 4 heteroatoms. The molecule has 1 atom stereocenters. The summed E-state index contributed by atoms with van der Waals surface area (Å²) in [5, 5.41) is 9.42. The number of ether oxygens (including phenoxy) is 1. The zero-order chi connectivity index (χ0) is 22.6. The van der Waals surface area contributed by atoms with Crippen molar-refractivity contribution in [3.63, 3.8) is 0 Å². The fourth-order valence-electron chi connectivity index (χ4n) is 3.49. The van der Waals surface area contributed by atoms with Crippen LogP contribution in [-0.2, 0) is 4.74 Å². The highest BCUT2D eigenvalue weighted by atomic mass is 16.5. The van der Waals surface area contributed by atoms with Gasteiger partial charge in [-0.2, -0.15) is 0 Å². The van der Waals surface area contributed by atoms with Gasteiger partial charge in [0.1, 0.15) is 5.75 Å². The van der Waals surface area contributed by atoms with Crippen molar-refractivity contribution in [2.75, 3.05) is 6.61 Å². The van der Waals surface area contributed by atoms with Crippen molar-refractivity contribution in [1.82, 2.24) is 9.97 Å². The topological polar surface area (TPSA) is 55.2 Å². The molecule has 1 unspecified atom stereocenters. The van der Waals surface area contributed by atoms with Crippen LogP contribution in [0.4, 0.5) is 0 Å². The number of hydrogen-bond acceptors (Lipinski definition) is 4. The first-order valence-corrected chi connectivity index (χ1v) is 11.7. The molecule has 168 valence electrons. The summed E-state index contributed by atoms with van der Waals surface area (Å²) in [6.07, 6.45) is 15.3. The van der Waals surface area contributed by atoms with Crippen molar-refractivity contribution in [1.29, 1.82) is 0 Å². The van der Waals surface area contributed by atoms with E-state index in [0.717, 1.165) is 48.4 Å². The van der Waals surface area contributed by atoms with Crippen molar-refractivity contribution in [2.45, 2.75) is 58.5 Å². The molecule has 1 heterocycles. The molecule has 0 spiro atoms. The molecule has 0 aliphatic carbocycles. The summed E-state index contributed by atoms with van der Waals surface area (Å²) in [6.45, 7) is 5.28. The molecule has 0 radical (unpaired) electrons. The van der Waals surface area contributed by atoms with Gasteiger partial charge in [0, 0.05) is 17.7 Å². The van der Waals surface area contributed by atoms with E-state index in [1.54, 1.807) is 24.5 Å². The zero-order valence-corrected chi connectivity index (χ0v) is 19.2. The summed E-state index contributed by atoms with van der Waals surface area (Å²) in [7, 11) is 0. The third-order valence-corrected chi connectivity index (χ3v) is 5.46. The highest BCUT2D eigenvalue weighted by Gasteiger charge is 2.04. The molecule has 4 nitrogen and oxygen atoms in total. The van der Waals surface area contributed by atoms with Crippen LogP contribution in [0, 0.1) is 0 Å². The number of benzene rings is 2. The van der Waals surface area contributed by atoms with E-state index >= 15 is 0 Å². The molecule has 0 saturated heterocycles.